The maximum Gasteiger partial charge on any atom is 0.341 e. The van der Waals surface area contributed by atoms with Gasteiger partial charge < -0.3 is 15.2 Å². The number of carbonyl (C=O) groups excluding carboxylic acids is 1. The molecule has 0 aliphatic heterocycles. The lowest BCUT2D eigenvalue weighted by Crippen LogP contribution is -2.10. The normalized spacial score (nSPS) is 9.94. The van der Waals surface area contributed by atoms with Crippen molar-refractivity contribution in [3.63, 3.8) is 0 Å². The first-order valence-corrected chi connectivity index (χ1v) is 5.70. The summed E-state index contributed by atoms with van der Waals surface area (Å²) in [5.41, 5.74) is 6.41. The molecule has 0 aliphatic carbocycles. The zero-order chi connectivity index (χ0) is 12.1. The van der Waals surface area contributed by atoms with Gasteiger partial charge in [-0.2, -0.15) is 0 Å². The molecule has 0 bridgehead atoms. The third kappa shape index (κ3) is 2.66. The Morgan fingerprint density at radius 2 is 2.19 bits per heavy atom. The minimum absolute atomic E-state index is 0.313. The van der Waals surface area contributed by atoms with Gasteiger partial charge in [-0.05, 0) is 34.5 Å². The number of nitrogens with two attached hydrogens (primary N) is 1. The lowest BCUT2D eigenvalue weighted by molar-refractivity contribution is 0.0505. The first kappa shape index (κ1) is 12.8. The van der Waals surface area contributed by atoms with Gasteiger partial charge in [-0.3, -0.25) is 0 Å². The van der Waals surface area contributed by atoms with Crippen LogP contribution in [0.2, 0.25) is 0 Å². The average molecular weight is 288 g/mol. The molecule has 88 valence electrons. The molecule has 0 spiro atoms. The maximum absolute atomic E-state index is 11.7. The molecule has 16 heavy (non-hydrogen) atoms. The predicted octanol–water partition coefficient (Wildman–Crippen LogP) is 2.61. The van der Waals surface area contributed by atoms with Gasteiger partial charge in [0.2, 0.25) is 0 Å². The van der Waals surface area contributed by atoms with E-state index < -0.39 is 5.97 Å². The van der Waals surface area contributed by atoms with E-state index in [4.69, 9.17) is 15.2 Å². The molecule has 0 aliphatic rings. The Kier molecular flexibility index (Phi) is 4.61. The zero-order valence-electron chi connectivity index (χ0n) is 9.25. The van der Waals surface area contributed by atoms with Crippen LogP contribution in [0.15, 0.2) is 16.6 Å². The summed E-state index contributed by atoms with van der Waals surface area (Å²) in [6.07, 6.45) is 0.771. The molecule has 0 saturated carbocycles. The average Bonchev–Trinajstić information content (AvgIpc) is 2.26. The van der Waals surface area contributed by atoms with E-state index in [1.807, 2.05) is 6.92 Å². The highest BCUT2D eigenvalue weighted by molar-refractivity contribution is 9.10. The van der Waals surface area contributed by atoms with Crippen LogP contribution in [0.5, 0.6) is 5.75 Å². The van der Waals surface area contributed by atoms with Crippen LogP contribution in [-0.2, 0) is 4.74 Å². The summed E-state index contributed by atoms with van der Waals surface area (Å²) >= 11 is 3.28. The molecule has 1 aromatic rings. The number of nitrogen functional groups attached to an aromatic ring is 1. The van der Waals surface area contributed by atoms with Crippen molar-refractivity contribution in [3.05, 3.63) is 22.2 Å². The van der Waals surface area contributed by atoms with Crippen LogP contribution in [-0.4, -0.2) is 19.7 Å². The summed E-state index contributed by atoms with van der Waals surface area (Å²) < 4.78 is 10.6. The fourth-order valence-corrected chi connectivity index (χ4v) is 1.89. The van der Waals surface area contributed by atoms with Gasteiger partial charge in [-0.25, -0.2) is 4.79 Å². The third-order valence-corrected chi connectivity index (χ3v) is 2.79. The Morgan fingerprint density at radius 3 is 2.75 bits per heavy atom. The van der Waals surface area contributed by atoms with Crippen molar-refractivity contribution in [1.82, 2.24) is 0 Å². The SMILES string of the molecule is CCCOC(=O)c1c(N)ccc(OC)c1Br. The molecule has 1 aromatic carbocycles. The number of methoxy groups -OCH3 is 1. The van der Waals surface area contributed by atoms with Crippen LogP contribution in [0.1, 0.15) is 23.7 Å². The van der Waals surface area contributed by atoms with E-state index in [-0.39, 0.29) is 0 Å². The van der Waals surface area contributed by atoms with E-state index in [2.05, 4.69) is 15.9 Å². The highest BCUT2D eigenvalue weighted by Crippen LogP contribution is 2.32. The Morgan fingerprint density at radius 1 is 1.50 bits per heavy atom. The molecule has 0 fully saturated rings. The largest absolute Gasteiger partial charge is 0.496 e. The van der Waals surface area contributed by atoms with E-state index in [0.29, 0.717) is 28.1 Å². The first-order valence-electron chi connectivity index (χ1n) is 4.90. The summed E-state index contributed by atoms with van der Waals surface area (Å²) in [6, 6.07) is 3.31. The van der Waals surface area contributed by atoms with Gasteiger partial charge in [0.05, 0.1) is 18.2 Å². The van der Waals surface area contributed by atoms with Crippen LogP contribution in [0.4, 0.5) is 5.69 Å². The molecular weight excluding hydrogens is 274 g/mol. The molecule has 5 heteroatoms. The van der Waals surface area contributed by atoms with Crippen molar-refractivity contribution in [1.29, 1.82) is 0 Å². The van der Waals surface area contributed by atoms with E-state index >= 15 is 0 Å². The van der Waals surface area contributed by atoms with Crippen LogP contribution in [0, 0.1) is 0 Å². The van der Waals surface area contributed by atoms with Gasteiger partial charge in [-0.15, -0.1) is 0 Å². The molecule has 0 saturated heterocycles. The number of hydrogen-bond acceptors (Lipinski definition) is 4. The quantitative estimate of drug-likeness (QED) is 0.683. The lowest BCUT2D eigenvalue weighted by atomic mass is 10.1. The number of halogens is 1. The fourth-order valence-electron chi connectivity index (χ4n) is 1.20. The van der Waals surface area contributed by atoms with E-state index in [1.54, 1.807) is 12.1 Å². The number of esters is 1. The smallest absolute Gasteiger partial charge is 0.341 e. The maximum atomic E-state index is 11.7. The Bertz CT molecular complexity index is 393. The lowest BCUT2D eigenvalue weighted by Gasteiger charge is -2.11. The second-order valence-corrected chi connectivity index (χ2v) is 3.97. The molecule has 0 unspecified atom stereocenters. The zero-order valence-corrected chi connectivity index (χ0v) is 10.8. The van der Waals surface area contributed by atoms with Crippen molar-refractivity contribution >= 4 is 27.6 Å². The van der Waals surface area contributed by atoms with Gasteiger partial charge in [0.1, 0.15) is 11.3 Å². The van der Waals surface area contributed by atoms with E-state index in [9.17, 15) is 4.79 Å². The van der Waals surface area contributed by atoms with Gasteiger partial charge in [0, 0.05) is 5.69 Å². The predicted molar refractivity (Wildman–Crippen MR) is 65.7 cm³/mol. The number of carbonyl (C=O) groups is 1. The topological polar surface area (TPSA) is 61.5 Å². The summed E-state index contributed by atoms with van der Waals surface area (Å²) in [4.78, 5) is 11.7. The molecule has 1 rings (SSSR count). The van der Waals surface area contributed by atoms with Gasteiger partial charge in [-0.1, -0.05) is 6.92 Å². The third-order valence-electron chi connectivity index (χ3n) is 2.00. The number of rotatable bonds is 4. The molecule has 0 amide bonds. The second kappa shape index (κ2) is 5.75. The monoisotopic (exact) mass is 287 g/mol. The summed E-state index contributed by atoms with van der Waals surface area (Å²) in [5, 5.41) is 0. The Hall–Kier alpha value is -1.23. The second-order valence-electron chi connectivity index (χ2n) is 3.18. The highest BCUT2D eigenvalue weighted by atomic mass is 79.9. The fraction of sp³-hybridized carbons (Fsp3) is 0.364. The molecule has 0 radical (unpaired) electrons. The van der Waals surface area contributed by atoms with Gasteiger partial charge in [0.15, 0.2) is 0 Å². The molecule has 0 atom stereocenters. The highest BCUT2D eigenvalue weighted by Gasteiger charge is 2.18. The van der Waals surface area contributed by atoms with Crippen LogP contribution in [0.25, 0.3) is 0 Å². The number of anilines is 1. The Balaban J connectivity index is 3.06. The molecular formula is C11H14BrNO3. The van der Waals surface area contributed by atoms with Crippen LogP contribution in [0.3, 0.4) is 0 Å². The van der Waals surface area contributed by atoms with Crippen molar-refractivity contribution < 1.29 is 14.3 Å². The summed E-state index contributed by atoms with van der Waals surface area (Å²) in [6.45, 7) is 2.30. The standard InChI is InChI=1S/C11H14BrNO3/c1-3-6-16-11(14)9-7(13)4-5-8(15-2)10(9)12/h4-5H,3,6,13H2,1-2H3. The number of benzene rings is 1. The minimum Gasteiger partial charge on any atom is -0.496 e. The Labute approximate surface area is 103 Å². The first-order chi connectivity index (χ1) is 7.61. The van der Waals surface area contributed by atoms with Crippen LogP contribution >= 0.6 is 15.9 Å². The van der Waals surface area contributed by atoms with E-state index in [0.717, 1.165) is 6.42 Å². The molecule has 0 aromatic heterocycles. The van der Waals surface area contributed by atoms with Gasteiger partial charge in [0.25, 0.3) is 0 Å². The van der Waals surface area contributed by atoms with Crippen molar-refractivity contribution in [2.24, 2.45) is 0 Å². The van der Waals surface area contributed by atoms with Gasteiger partial charge >= 0.3 is 5.97 Å². The number of hydrogen-bond donors (Lipinski definition) is 1. The van der Waals surface area contributed by atoms with Crippen molar-refractivity contribution in [2.45, 2.75) is 13.3 Å². The van der Waals surface area contributed by atoms with Crippen molar-refractivity contribution in [2.75, 3.05) is 19.5 Å². The molecule has 0 heterocycles. The molecule has 2 N–H and O–H groups in total. The van der Waals surface area contributed by atoms with E-state index in [1.165, 1.54) is 7.11 Å². The molecule has 4 nitrogen and oxygen atoms in total. The summed E-state index contributed by atoms with van der Waals surface area (Å²) in [7, 11) is 1.53. The number of ether oxygens (including phenoxy) is 2. The van der Waals surface area contributed by atoms with Crippen LogP contribution < -0.4 is 10.5 Å². The van der Waals surface area contributed by atoms with Crippen molar-refractivity contribution in [3.8, 4) is 5.75 Å². The minimum atomic E-state index is -0.440. The summed E-state index contributed by atoms with van der Waals surface area (Å²) in [5.74, 6) is 0.114.